The minimum absolute atomic E-state index is 0.107. The molecule has 2 saturated carbocycles. The Hall–Kier alpha value is -1.82. The number of hydrogen-bond acceptors (Lipinski definition) is 4. The van der Waals surface area contributed by atoms with Crippen LogP contribution in [-0.2, 0) is 11.8 Å². The fourth-order valence-electron chi connectivity index (χ4n) is 3.79. The van der Waals surface area contributed by atoms with Crippen LogP contribution >= 0.6 is 11.8 Å². The number of amides is 1. The van der Waals surface area contributed by atoms with Gasteiger partial charge in [-0.1, -0.05) is 54.9 Å². The van der Waals surface area contributed by atoms with E-state index < -0.39 is 0 Å². The molecule has 0 bridgehead atoms. The maximum Gasteiger partial charge on any atom is 0.230 e. The number of thioether (sulfide) groups is 1. The summed E-state index contributed by atoms with van der Waals surface area (Å²) in [6.45, 7) is 0. The zero-order valence-electron chi connectivity index (χ0n) is 14.5. The third kappa shape index (κ3) is 3.73. The summed E-state index contributed by atoms with van der Waals surface area (Å²) in [6, 6.07) is 11.0. The molecule has 1 amide bonds. The number of nitrogens with one attached hydrogen (secondary N) is 1. The van der Waals surface area contributed by atoms with Crippen molar-refractivity contribution in [1.82, 2.24) is 20.1 Å². The smallest absolute Gasteiger partial charge is 0.230 e. The van der Waals surface area contributed by atoms with Gasteiger partial charge in [0.2, 0.25) is 5.91 Å². The molecular weight excluding hydrogens is 332 g/mol. The quantitative estimate of drug-likeness (QED) is 0.807. The van der Waals surface area contributed by atoms with Gasteiger partial charge in [0.15, 0.2) is 5.16 Å². The van der Waals surface area contributed by atoms with Crippen LogP contribution in [0.15, 0.2) is 35.5 Å². The summed E-state index contributed by atoms with van der Waals surface area (Å²) in [5.74, 6) is 2.55. The average Bonchev–Trinajstić information content (AvgIpc) is 3.08. The van der Waals surface area contributed by atoms with E-state index in [1.165, 1.54) is 30.2 Å². The van der Waals surface area contributed by atoms with Crippen LogP contribution in [0.2, 0.25) is 0 Å². The predicted octanol–water partition coefficient (Wildman–Crippen LogP) is 3.24. The van der Waals surface area contributed by atoms with Crippen molar-refractivity contribution in [1.29, 1.82) is 0 Å². The molecule has 2 aromatic rings. The molecule has 1 aromatic carbocycles. The van der Waals surface area contributed by atoms with Crippen LogP contribution in [0.5, 0.6) is 0 Å². The summed E-state index contributed by atoms with van der Waals surface area (Å²) in [4.78, 5) is 12.1. The highest BCUT2D eigenvalue weighted by atomic mass is 32.2. The fraction of sp³-hybridized carbons (Fsp3) is 0.526. The Bertz CT molecular complexity index is 739. The van der Waals surface area contributed by atoms with E-state index in [-0.39, 0.29) is 5.91 Å². The Balaban J connectivity index is 1.33. The minimum Gasteiger partial charge on any atom is -0.353 e. The summed E-state index contributed by atoms with van der Waals surface area (Å²) >= 11 is 1.48. The van der Waals surface area contributed by atoms with Gasteiger partial charge in [0.05, 0.1) is 5.75 Å². The molecule has 132 valence electrons. The van der Waals surface area contributed by atoms with Crippen molar-refractivity contribution in [2.45, 2.75) is 55.1 Å². The number of carbonyl (C=O) groups excluding carboxylic acids is 1. The summed E-state index contributed by atoms with van der Waals surface area (Å²) in [6.07, 6.45) is 5.83. The van der Waals surface area contributed by atoms with E-state index in [1.807, 2.05) is 7.05 Å². The van der Waals surface area contributed by atoms with Gasteiger partial charge in [0, 0.05) is 19.0 Å². The molecule has 2 unspecified atom stereocenters. The molecule has 2 aliphatic carbocycles. The number of nitrogens with zero attached hydrogens (tertiary/aromatic N) is 3. The molecule has 1 aromatic heterocycles. The van der Waals surface area contributed by atoms with E-state index in [9.17, 15) is 4.79 Å². The highest BCUT2D eigenvalue weighted by Gasteiger charge is 2.42. The molecule has 1 N–H and O–H groups in total. The van der Waals surface area contributed by atoms with E-state index >= 15 is 0 Å². The first-order chi connectivity index (χ1) is 12.2. The van der Waals surface area contributed by atoms with Gasteiger partial charge in [-0.15, -0.1) is 10.2 Å². The van der Waals surface area contributed by atoms with Crippen molar-refractivity contribution in [2.75, 3.05) is 5.75 Å². The van der Waals surface area contributed by atoms with Crippen LogP contribution in [0.1, 0.15) is 55.3 Å². The molecular formula is C19H24N4OS. The molecule has 0 saturated heterocycles. The van der Waals surface area contributed by atoms with Crippen molar-refractivity contribution in [3.05, 3.63) is 41.7 Å². The van der Waals surface area contributed by atoms with Crippen molar-refractivity contribution in [3.8, 4) is 0 Å². The maximum absolute atomic E-state index is 12.1. The second kappa shape index (κ2) is 7.20. The van der Waals surface area contributed by atoms with E-state index in [2.05, 4.69) is 50.4 Å². The van der Waals surface area contributed by atoms with Gasteiger partial charge in [-0.05, 0) is 30.7 Å². The highest BCUT2D eigenvalue weighted by Crippen LogP contribution is 2.54. The lowest BCUT2D eigenvalue weighted by atomic mass is 10.1. The second-order valence-electron chi connectivity index (χ2n) is 7.10. The van der Waals surface area contributed by atoms with E-state index in [4.69, 9.17) is 0 Å². The number of hydrogen-bond donors (Lipinski definition) is 1. The third-order valence-electron chi connectivity index (χ3n) is 5.27. The van der Waals surface area contributed by atoms with Gasteiger partial charge in [-0.3, -0.25) is 4.79 Å². The standard InChI is InChI=1S/C19H24N4OS/c1-23-18(16-11-15(16)13-7-3-2-4-8-13)21-22-19(23)25-12-17(24)20-14-9-5-6-10-14/h2-4,7-8,14-16H,5-6,9-12H2,1H3,(H,20,24). The van der Waals surface area contributed by atoms with Crippen molar-refractivity contribution < 1.29 is 4.79 Å². The summed E-state index contributed by atoms with van der Waals surface area (Å²) in [5, 5.41) is 12.7. The highest BCUT2D eigenvalue weighted by molar-refractivity contribution is 7.99. The fourth-order valence-corrected chi connectivity index (χ4v) is 4.52. The molecule has 4 rings (SSSR count). The lowest BCUT2D eigenvalue weighted by molar-refractivity contribution is -0.119. The largest absolute Gasteiger partial charge is 0.353 e. The zero-order valence-corrected chi connectivity index (χ0v) is 15.3. The lowest BCUT2D eigenvalue weighted by Crippen LogP contribution is -2.33. The minimum atomic E-state index is 0.107. The molecule has 2 atom stereocenters. The summed E-state index contributed by atoms with van der Waals surface area (Å²) in [7, 11) is 2.01. The van der Waals surface area contributed by atoms with Gasteiger partial charge in [0.25, 0.3) is 0 Å². The van der Waals surface area contributed by atoms with Crippen LogP contribution in [-0.4, -0.2) is 32.5 Å². The van der Waals surface area contributed by atoms with Crippen LogP contribution in [0, 0.1) is 0 Å². The molecule has 2 aliphatic rings. The van der Waals surface area contributed by atoms with E-state index in [0.717, 1.165) is 30.2 Å². The molecule has 2 fully saturated rings. The monoisotopic (exact) mass is 356 g/mol. The molecule has 1 heterocycles. The van der Waals surface area contributed by atoms with Crippen molar-refractivity contribution in [3.63, 3.8) is 0 Å². The molecule has 5 nitrogen and oxygen atoms in total. The van der Waals surface area contributed by atoms with Crippen molar-refractivity contribution in [2.24, 2.45) is 7.05 Å². The Morgan fingerprint density at radius 3 is 2.72 bits per heavy atom. The first-order valence-corrected chi connectivity index (χ1v) is 10.1. The molecule has 0 spiro atoms. The summed E-state index contributed by atoms with van der Waals surface area (Å²) < 4.78 is 2.06. The molecule has 0 aliphatic heterocycles. The lowest BCUT2D eigenvalue weighted by Gasteiger charge is -2.11. The average molecular weight is 356 g/mol. The summed E-state index contributed by atoms with van der Waals surface area (Å²) in [5.41, 5.74) is 1.38. The van der Waals surface area contributed by atoms with Gasteiger partial charge in [0.1, 0.15) is 5.82 Å². The Labute approximate surface area is 152 Å². The van der Waals surface area contributed by atoms with Crippen molar-refractivity contribution >= 4 is 17.7 Å². The second-order valence-corrected chi connectivity index (χ2v) is 8.04. The predicted molar refractivity (Wildman–Crippen MR) is 98.7 cm³/mol. The Kier molecular flexibility index (Phi) is 4.79. The topological polar surface area (TPSA) is 59.8 Å². The first kappa shape index (κ1) is 16.6. The van der Waals surface area contributed by atoms with E-state index in [1.54, 1.807) is 0 Å². The number of benzene rings is 1. The number of aromatic nitrogens is 3. The Morgan fingerprint density at radius 2 is 1.96 bits per heavy atom. The van der Waals surface area contributed by atoms with Crippen LogP contribution in [0.4, 0.5) is 0 Å². The Morgan fingerprint density at radius 1 is 1.20 bits per heavy atom. The number of carbonyl (C=O) groups is 1. The third-order valence-corrected chi connectivity index (χ3v) is 6.29. The van der Waals surface area contributed by atoms with Crippen LogP contribution in [0.25, 0.3) is 0 Å². The molecule has 0 radical (unpaired) electrons. The SMILES string of the molecule is Cn1c(SCC(=O)NC2CCCC2)nnc1C1CC1c1ccccc1. The molecule has 25 heavy (non-hydrogen) atoms. The van der Waals surface area contributed by atoms with Crippen LogP contribution < -0.4 is 5.32 Å². The zero-order chi connectivity index (χ0) is 17.2. The van der Waals surface area contributed by atoms with Gasteiger partial charge in [-0.25, -0.2) is 0 Å². The van der Waals surface area contributed by atoms with Gasteiger partial charge >= 0.3 is 0 Å². The number of rotatable bonds is 6. The molecule has 6 heteroatoms. The van der Waals surface area contributed by atoms with Gasteiger partial charge < -0.3 is 9.88 Å². The van der Waals surface area contributed by atoms with E-state index in [0.29, 0.717) is 23.6 Å². The van der Waals surface area contributed by atoms with Gasteiger partial charge in [-0.2, -0.15) is 0 Å². The maximum atomic E-state index is 12.1. The first-order valence-electron chi connectivity index (χ1n) is 9.09. The van der Waals surface area contributed by atoms with Crippen LogP contribution in [0.3, 0.4) is 0 Å². The normalized spacial score (nSPS) is 22.9.